The van der Waals surface area contributed by atoms with Gasteiger partial charge < -0.3 is 10.5 Å². The summed E-state index contributed by atoms with van der Waals surface area (Å²) in [7, 11) is 0. The third-order valence-electron chi connectivity index (χ3n) is 2.04. The van der Waals surface area contributed by atoms with Crippen molar-refractivity contribution >= 4 is 17.2 Å². The molecule has 2 heterocycles. The van der Waals surface area contributed by atoms with Gasteiger partial charge in [-0.1, -0.05) is 12.2 Å². The number of hydrogen-bond acceptors (Lipinski definition) is 5. The Labute approximate surface area is 103 Å². The molecule has 6 nitrogen and oxygen atoms in total. The zero-order chi connectivity index (χ0) is 12.3. The second kappa shape index (κ2) is 4.88. The molecule has 0 atom stereocenters. The van der Waals surface area contributed by atoms with Gasteiger partial charge in [0.1, 0.15) is 10.7 Å². The molecular formula is C10H11N5OS. The Bertz CT molecular complexity index is 522. The van der Waals surface area contributed by atoms with E-state index in [1.54, 1.807) is 17.1 Å². The molecule has 2 rings (SSSR count). The molecule has 7 heteroatoms. The number of thiocarbonyl (C=S) groups is 1. The number of aryl methyl sites for hydroxylation is 1. The van der Waals surface area contributed by atoms with Crippen molar-refractivity contribution in [2.75, 3.05) is 0 Å². The predicted molar refractivity (Wildman–Crippen MR) is 65.9 cm³/mol. The first kappa shape index (κ1) is 11.5. The molecule has 0 saturated heterocycles. The Balaban J connectivity index is 2.10. The largest absolute Gasteiger partial charge is 0.434 e. The second-order valence-corrected chi connectivity index (χ2v) is 3.68. The Morgan fingerprint density at radius 2 is 2.24 bits per heavy atom. The maximum absolute atomic E-state index is 5.45. The minimum Gasteiger partial charge on any atom is -0.434 e. The molecule has 0 saturated carbocycles. The van der Waals surface area contributed by atoms with Crippen molar-refractivity contribution in [1.82, 2.24) is 19.7 Å². The van der Waals surface area contributed by atoms with Crippen molar-refractivity contribution < 1.29 is 4.74 Å². The Morgan fingerprint density at radius 1 is 1.41 bits per heavy atom. The summed E-state index contributed by atoms with van der Waals surface area (Å²) < 4.78 is 7.21. The quantitative estimate of drug-likeness (QED) is 0.818. The first-order chi connectivity index (χ1) is 8.19. The molecule has 0 aliphatic heterocycles. The summed E-state index contributed by atoms with van der Waals surface area (Å²) in [6.45, 7) is 2.78. The number of nitrogens with zero attached hydrogens (tertiary/aromatic N) is 4. The van der Waals surface area contributed by atoms with Gasteiger partial charge in [0.15, 0.2) is 5.75 Å². The fourth-order valence-electron chi connectivity index (χ4n) is 1.19. The van der Waals surface area contributed by atoms with Gasteiger partial charge in [-0.3, -0.25) is 4.68 Å². The van der Waals surface area contributed by atoms with Crippen molar-refractivity contribution in [2.24, 2.45) is 5.73 Å². The second-order valence-electron chi connectivity index (χ2n) is 3.24. The fraction of sp³-hybridized carbons (Fsp3) is 0.200. The van der Waals surface area contributed by atoms with E-state index in [1.165, 1.54) is 12.4 Å². The number of hydrogen-bond donors (Lipinski definition) is 1. The van der Waals surface area contributed by atoms with E-state index in [9.17, 15) is 0 Å². The van der Waals surface area contributed by atoms with Crippen LogP contribution >= 0.6 is 12.2 Å². The van der Waals surface area contributed by atoms with Crippen molar-refractivity contribution in [3.05, 3.63) is 30.5 Å². The van der Waals surface area contributed by atoms with E-state index in [1.807, 2.05) is 6.92 Å². The van der Waals surface area contributed by atoms with Crippen LogP contribution in [0.2, 0.25) is 0 Å². The molecule has 2 N–H and O–H groups in total. The summed E-state index contributed by atoms with van der Waals surface area (Å²) in [6.07, 6.45) is 6.34. The molecule has 2 aromatic heterocycles. The van der Waals surface area contributed by atoms with Crippen LogP contribution in [0.25, 0.3) is 0 Å². The van der Waals surface area contributed by atoms with Crippen LogP contribution in [0.5, 0.6) is 11.6 Å². The lowest BCUT2D eigenvalue weighted by Gasteiger charge is -2.01. The maximum atomic E-state index is 5.45. The molecular weight excluding hydrogens is 238 g/mol. The number of aromatic nitrogens is 4. The normalized spacial score (nSPS) is 10.2. The van der Waals surface area contributed by atoms with Gasteiger partial charge in [0.2, 0.25) is 5.88 Å². The van der Waals surface area contributed by atoms with Gasteiger partial charge in [0.25, 0.3) is 0 Å². The first-order valence-corrected chi connectivity index (χ1v) is 5.42. The van der Waals surface area contributed by atoms with E-state index < -0.39 is 0 Å². The zero-order valence-electron chi connectivity index (χ0n) is 9.20. The van der Waals surface area contributed by atoms with Gasteiger partial charge in [-0.05, 0) is 6.92 Å². The maximum Gasteiger partial charge on any atom is 0.238 e. The molecule has 0 bridgehead atoms. The summed E-state index contributed by atoms with van der Waals surface area (Å²) in [6, 6.07) is 0. The van der Waals surface area contributed by atoms with Crippen LogP contribution in [0, 0.1) is 0 Å². The molecule has 0 fully saturated rings. The average molecular weight is 249 g/mol. The van der Waals surface area contributed by atoms with Gasteiger partial charge in [0.05, 0.1) is 24.8 Å². The van der Waals surface area contributed by atoms with Crippen LogP contribution in [-0.4, -0.2) is 24.7 Å². The third-order valence-corrected chi connectivity index (χ3v) is 2.25. The number of rotatable bonds is 4. The first-order valence-electron chi connectivity index (χ1n) is 5.01. The van der Waals surface area contributed by atoms with Crippen molar-refractivity contribution in [3.63, 3.8) is 0 Å². The molecule has 0 unspecified atom stereocenters. The number of ether oxygens (including phenoxy) is 1. The van der Waals surface area contributed by atoms with Crippen LogP contribution in [0.15, 0.2) is 24.8 Å². The van der Waals surface area contributed by atoms with E-state index in [0.29, 0.717) is 17.3 Å². The Morgan fingerprint density at radius 3 is 2.76 bits per heavy atom. The molecule has 0 aliphatic rings. The van der Waals surface area contributed by atoms with Crippen LogP contribution in [0.4, 0.5) is 0 Å². The Kier molecular flexibility index (Phi) is 3.29. The van der Waals surface area contributed by atoms with E-state index >= 15 is 0 Å². The minimum atomic E-state index is 0.211. The highest BCUT2D eigenvalue weighted by molar-refractivity contribution is 7.80. The molecule has 0 aliphatic carbocycles. The SMILES string of the molecule is CCn1cc(Oc2cnc(C(N)=S)cn2)cn1. The average Bonchev–Trinajstić information content (AvgIpc) is 2.77. The summed E-state index contributed by atoms with van der Waals surface area (Å²) in [5, 5.41) is 4.08. The molecule has 88 valence electrons. The molecule has 0 spiro atoms. The highest BCUT2D eigenvalue weighted by Gasteiger charge is 2.03. The van der Waals surface area contributed by atoms with Gasteiger partial charge in [0, 0.05) is 6.54 Å². The van der Waals surface area contributed by atoms with Crippen molar-refractivity contribution in [1.29, 1.82) is 0 Å². The van der Waals surface area contributed by atoms with E-state index in [4.69, 9.17) is 22.7 Å². The zero-order valence-corrected chi connectivity index (χ0v) is 10.0. The highest BCUT2D eigenvalue weighted by Crippen LogP contribution is 2.17. The predicted octanol–water partition coefficient (Wildman–Crippen LogP) is 1.12. The van der Waals surface area contributed by atoms with Crippen LogP contribution in [0.1, 0.15) is 12.6 Å². The molecule has 0 amide bonds. The molecule has 17 heavy (non-hydrogen) atoms. The summed E-state index contributed by atoms with van der Waals surface area (Å²) >= 11 is 4.78. The summed E-state index contributed by atoms with van der Waals surface area (Å²) in [4.78, 5) is 8.27. The molecule has 2 aromatic rings. The van der Waals surface area contributed by atoms with E-state index in [0.717, 1.165) is 6.54 Å². The topological polar surface area (TPSA) is 78.9 Å². The fourth-order valence-corrected chi connectivity index (χ4v) is 1.29. The van der Waals surface area contributed by atoms with E-state index in [-0.39, 0.29) is 4.99 Å². The summed E-state index contributed by atoms with van der Waals surface area (Å²) in [5.41, 5.74) is 5.88. The Hall–Kier alpha value is -2.02. The lowest BCUT2D eigenvalue weighted by molar-refractivity contribution is 0.459. The minimum absolute atomic E-state index is 0.211. The third kappa shape index (κ3) is 2.76. The molecule has 0 radical (unpaired) electrons. The molecule has 0 aromatic carbocycles. The van der Waals surface area contributed by atoms with Gasteiger partial charge in [-0.25, -0.2) is 9.97 Å². The number of nitrogens with two attached hydrogens (primary N) is 1. The van der Waals surface area contributed by atoms with Gasteiger partial charge in [-0.15, -0.1) is 0 Å². The van der Waals surface area contributed by atoms with Crippen LogP contribution in [0.3, 0.4) is 0 Å². The highest BCUT2D eigenvalue weighted by atomic mass is 32.1. The van der Waals surface area contributed by atoms with Gasteiger partial charge in [-0.2, -0.15) is 5.10 Å². The standard InChI is InChI=1S/C10H11N5OS/c1-2-15-6-7(3-14-15)16-9-5-12-8(4-13-9)10(11)17/h3-6H,2H2,1H3,(H2,11,17). The van der Waals surface area contributed by atoms with Crippen LogP contribution < -0.4 is 10.5 Å². The van der Waals surface area contributed by atoms with Crippen molar-refractivity contribution in [2.45, 2.75) is 13.5 Å². The van der Waals surface area contributed by atoms with Crippen LogP contribution in [-0.2, 0) is 6.54 Å². The smallest absolute Gasteiger partial charge is 0.238 e. The monoisotopic (exact) mass is 249 g/mol. The lowest BCUT2D eigenvalue weighted by Crippen LogP contribution is -2.11. The lowest BCUT2D eigenvalue weighted by atomic mass is 10.4. The summed E-state index contributed by atoms with van der Waals surface area (Å²) in [5.74, 6) is 0.991. The van der Waals surface area contributed by atoms with Crippen molar-refractivity contribution in [3.8, 4) is 11.6 Å². The van der Waals surface area contributed by atoms with Gasteiger partial charge >= 0.3 is 0 Å². The van der Waals surface area contributed by atoms with E-state index in [2.05, 4.69) is 15.1 Å².